The summed E-state index contributed by atoms with van der Waals surface area (Å²) in [6, 6.07) is 13.4. The summed E-state index contributed by atoms with van der Waals surface area (Å²) < 4.78 is 26.9. The van der Waals surface area contributed by atoms with Gasteiger partial charge < -0.3 is 15.3 Å². The van der Waals surface area contributed by atoms with Crippen molar-refractivity contribution in [1.82, 2.24) is 9.62 Å². The minimum atomic E-state index is -3.46. The molecule has 30 heavy (non-hydrogen) atoms. The number of nitrogens with zero attached hydrogens (tertiary/aromatic N) is 2. The molecule has 0 saturated carbocycles. The summed E-state index contributed by atoms with van der Waals surface area (Å²) in [7, 11) is -3.46. The number of rotatable bonds is 7. The quantitative estimate of drug-likeness (QED) is 0.704. The smallest absolute Gasteiger partial charge is 0.243 e. The summed E-state index contributed by atoms with van der Waals surface area (Å²) in [5, 5.41) is 14.1. The van der Waals surface area contributed by atoms with Crippen LogP contribution in [0.1, 0.15) is 38.8 Å². The Labute approximate surface area is 180 Å². The summed E-state index contributed by atoms with van der Waals surface area (Å²) in [6.45, 7) is 10.6. The lowest BCUT2D eigenvalue weighted by atomic mass is 10.00. The van der Waals surface area contributed by atoms with Gasteiger partial charge in [0, 0.05) is 38.3 Å². The molecule has 2 unspecified atom stereocenters. The number of phenols is 1. The van der Waals surface area contributed by atoms with E-state index in [2.05, 4.69) is 24.1 Å². The van der Waals surface area contributed by atoms with Gasteiger partial charge in [-0.2, -0.15) is 4.31 Å². The van der Waals surface area contributed by atoms with Crippen LogP contribution >= 0.6 is 0 Å². The zero-order valence-corrected chi connectivity index (χ0v) is 19.1. The third kappa shape index (κ3) is 4.63. The van der Waals surface area contributed by atoms with Gasteiger partial charge in [0.1, 0.15) is 5.75 Å². The molecule has 0 bridgehead atoms. The molecule has 1 saturated heterocycles. The first-order chi connectivity index (χ1) is 14.3. The highest BCUT2D eigenvalue weighted by molar-refractivity contribution is 7.89. The molecule has 6 nitrogen and oxygen atoms in total. The number of hydrogen-bond donors (Lipinski definition) is 2. The maximum Gasteiger partial charge on any atom is 0.243 e. The monoisotopic (exact) mass is 431 g/mol. The summed E-state index contributed by atoms with van der Waals surface area (Å²) in [6.07, 6.45) is 0.625. The molecule has 0 aliphatic carbocycles. The van der Waals surface area contributed by atoms with Crippen molar-refractivity contribution in [2.24, 2.45) is 0 Å². The van der Waals surface area contributed by atoms with E-state index in [-0.39, 0.29) is 11.8 Å². The highest BCUT2D eigenvalue weighted by atomic mass is 32.2. The van der Waals surface area contributed by atoms with Gasteiger partial charge in [-0.25, -0.2) is 8.42 Å². The van der Waals surface area contributed by atoms with E-state index in [9.17, 15) is 13.5 Å². The fourth-order valence-electron chi connectivity index (χ4n) is 4.10. The van der Waals surface area contributed by atoms with E-state index in [0.717, 1.165) is 29.9 Å². The Balaban J connectivity index is 1.88. The van der Waals surface area contributed by atoms with Gasteiger partial charge in [0.25, 0.3) is 0 Å². The summed E-state index contributed by atoms with van der Waals surface area (Å²) in [5.41, 5.74) is 2.92. The minimum Gasteiger partial charge on any atom is -0.506 e. The van der Waals surface area contributed by atoms with Crippen LogP contribution in [0.25, 0.3) is 0 Å². The lowest BCUT2D eigenvalue weighted by molar-refractivity contribution is 0.414. The molecule has 0 amide bonds. The van der Waals surface area contributed by atoms with Crippen molar-refractivity contribution in [1.29, 1.82) is 0 Å². The van der Waals surface area contributed by atoms with Crippen molar-refractivity contribution in [2.75, 3.05) is 31.1 Å². The molecule has 2 atom stereocenters. The van der Waals surface area contributed by atoms with E-state index in [0.29, 0.717) is 30.4 Å². The molecule has 1 heterocycles. The molecule has 2 aromatic carbocycles. The number of nitrogens with one attached hydrogen (secondary N) is 1. The van der Waals surface area contributed by atoms with Gasteiger partial charge in [-0.1, -0.05) is 38.1 Å². The minimum absolute atomic E-state index is 0.273. The fraction of sp³-hybridized carbons (Fsp3) is 0.478. The Bertz CT molecular complexity index is 956. The zero-order valence-electron chi connectivity index (χ0n) is 18.3. The Morgan fingerprint density at radius 2 is 1.77 bits per heavy atom. The first-order valence-corrected chi connectivity index (χ1v) is 12.1. The van der Waals surface area contributed by atoms with Crippen LogP contribution < -0.4 is 10.2 Å². The SMILES string of the molecule is CCN(CC)S(=O)(=O)c1ccc(Cc2cccc(O)c2N2CC(C)NCC2C)cc1. The van der Waals surface area contributed by atoms with Gasteiger partial charge >= 0.3 is 0 Å². The highest BCUT2D eigenvalue weighted by Gasteiger charge is 2.27. The molecule has 1 fully saturated rings. The molecule has 2 N–H and O–H groups in total. The molecule has 0 radical (unpaired) electrons. The topological polar surface area (TPSA) is 72.9 Å². The average molecular weight is 432 g/mol. The molecule has 7 heteroatoms. The standard InChI is InChI=1S/C23H33N3O3S/c1-5-25(6-2)30(28,29)21-12-10-19(11-13-21)14-20-8-7-9-22(27)23(20)26-16-17(3)24-15-18(26)4/h7-13,17-18,24,27H,5-6,14-16H2,1-4H3. The molecule has 2 aromatic rings. The molecule has 164 valence electrons. The van der Waals surface area contributed by atoms with Gasteiger partial charge in [0.2, 0.25) is 10.0 Å². The second kappa shape index (κ2) is 9.37. The average Bonchev–Trinajstić information content (AvgIpc) is 2.71. The Morgan fingerprint density at radius 1 is 1.10 bits per heavy atom. The first kappa shape index (κ1) is 22.6. The van der Waals surface area contributed by atoms with Crippen molar-refractivity contribution in [3.63, 3.8) is 0 Å². The summed E-state index contributed by atoms with van der Waals surface area (Å²) in [5.74, 6) is 0.286. The van der Waals surface area contributed by atoms with E-state index in [1.165, 1.54) is 4.31 Å². The normalized spacial score (nSPS) is 20.0. The van der Waals surface area contributed by atoms with Crippen molar-refractivity contribution in [2.45, 2.75) is 51.1 Å². The van der Waals surface area contributed by atoms with Crippen LogP contribution in [-0.4, -0.2) is 56.1 Å². The van der Waals surface area contributed by atoms with Crippen LogP contribution in [0.3, 0.4) is 0 Å². The van der Waals surface area contributed by atoms with Crippen LogP contribution in [0.2, 0.25) is 0 Å². The van der Waals surface area contributed by atoms with Crippen molar-refractivity contribution >= 4 is 15.7 Å². The van der Waals surface area contributed by atoms with E-state index >= 15 is 0 Å². The van der Waals surface area contributed by atoms with Crippen LogP contribution in [-0.2, 0) is 16.4 Å². The second-order valence-electron chi connectivity index (χ2n) is 8.01. The summed E-state index contributed by atoms with van der Waals surface area (Å²) in [4.78, 5) is 2.58. The number of phenolic OH excluding ortho intramolecular Hbond substituents is 1. The fourth-order valence-corrected chi connectivity index (χ4v) is 5.55. The van der Waals surface area contributed by atoms with Crippen molar-refractivity contribution in [3.8, 4) is 5.75 Å². The lowest BCUT2D eigenvalue weighted by Gasteiger charge is -2.40. The number of hydrogen-bond acceptors (Lipinski definition) is 5. The van der Waals surface area contributed by atoms with Gasteiger partial charge in [-0.3, -0.25) is 0 Å². The maximum atomic E-state index is 12.7. The van der Waals surface area contributed by atoms with Crippen LogP contribution in [0.15, 0.2) is 47.4 Å². The van der Waals surface area contributed by atoms with Gasteiger partial charge in [0.15, 0.2) is 0 Å². The van der Waals surface area contributed by atoms with E-state index < -0.39 is 10.0 Å². The number of benzene rings is 2. The second-order valence-corrected chi connectivity index (χ2v) is 9.94. The van der Waals surface area contributed by atoms with E-state index in [1.54, 1.807) is 18.2 Å². The van der Waals surface area contributed by atoms with E-state index in [1.807, 2.05) is 38.1 Å². The number of piperazine rings is 1. The van der Waals surface area contributed by atoms with Crippen molar-refractivity contribution in [3.05, 3.63) is 53.6 Å². The largest absolute Gasteiger partial charge is 0.506 e. The molecule has 1 aliphatic rings. The third-order valence-electron chi connectivity index (χ3n) is 5.81. The van der Waals surface area contributed by atoms with Crippen LogP contribution in [0, 0.1) is 0 Å². The third-order valence-corrected chi connectivity index (χ3v) is 7.88. The molecule has 1 aliphatic heterocycles. The molecule has 3 rings (SSSR count). The Hall–Kier alpha value is -2.09. The number of sulfonamides is 1. The highest BCUT2D eigenvalue weighted by Crippen LogP contribution is 2.35. The van der Waals surface area contributed by atoms with Crippen molar-refractivity contribution < 1.29 is 13.5 Å². The van der Waals surface area contributed by atoms with Crippen LogP contribution in [0.4, 0.5) is 5.69 Å². The number of aromatic hydroxyl groups is 1. The molecular weight excluding hydrogens is 398 g/mol. The predicted octanol–water partition coefficient (Wildman–Crippen LogP) is 3.20. The number of anilines is 1. The summed E-state index contributed by atoms with van der Waals surface area (Å²) >= 11 is 0. The Morgan fingerprint density at radius 3 is 2.40 bits per heavy atom. The predicted molar refractivity (Wildman–Crippen MR) is 122 cm³/mol. The first-order valence-electron chi connectivity index (χ1n) is 10.7. The molecule has 0 spiro atoms. The lowest BCUT2D eigenvalue weighted by Crippen LogP contribution is -2.54. The van der Waals surface area contributed by atoms with Gasteiger partial charge in [-0.05, 0) is 49.6 Å². The molecule has 0 aromatic heterocycles. The molecular formula is C23H33N3O3S. The Kier molecular flexibility index (Phi) is 7.06. The zero-order chi connectivity index (χ0) is 21.9. The maximum absolute atomic E-state index is 12.7. The van der Waals surface area contributed by atoms with E-state index in [4.69, 9.17) is 0 Å². The van der Waals surface area contributed by atoms with Gasteiger partial charge in [0.05, 0.1) is 10.6 Å². The number of para-hydroxylation sites is 1. The van der Waals surface area contributed by atoms with Crippen LogP contribution in [0.5, 0.6) is 5.75 Å². The van der Waals surface area contributed by atoms with Gasteiger partial charge in [-0.15, -0.1) is 0 Å².